The van der Waals surface area contributed by atoms with Gasteiger partial charge in [-0.25, -0.2) is 0 Å². The van der Waals surface area contributed by atoms with Crippen LogP contribution in [-0.4, -0.2) is 52.6 Å². The molecule has 3 fully saturated rings. The topological polar surface area (TPSA) is 49.7 Å². The highest BCUT2D eigenvalue weighted by molar-refractivity contribution is 5.63. The number of phenolic OH excluding ortho intramolecular Hbond substituents is 1. The zero-order valence-electron chi connectivity index (χ0n) is 15.5. The third-order valence-electron chi connectivity index (χ3n) is 8.43. The Balaban J connectivity index is 1.60. The molecule has 1 aromatic carbocycles. The molecule has 1 saturated heterocycles. The summed E-state index contributed by atoms with van der Waals surface area (Å²) in [5.41, 5.74) is 2.25. The molecule has 2 N–H and O–H groups in total. The smallest absolute Gasteiger partial charge is 0.166 e. The van der Waals surface area contributed by atoms with Crippen LogP contribution in [0.15, 0.2) is 24.3 Å². The summed E-state index contributed by atoms with van der Waals surface area (Å²) in [6.45, 7) is 6.57. The molecule has 26 heavy (non-hydrogen) atoms. The van der Waals surface area contributed by atoms with Crippen LogP contribution < -0.4 is 4.74 Å². The molecular weight excluding hydrogens is 326 g/mol. The number of likely N-dealkylation sites (N-methyl/N-ethyl adjacent to an activating group) is 1. The van der Waals surface area contributed by atoms with Crippen molar-refractivity contribution in [3.05, 3.63) is 35.4 Å². The van der Waals surface area contributed by atoms with Crippen molar-refractivity contribution in [3.8, 4) is 11.5 Å². The molecule has 0 aromatic heterocycles. The van der Waals surface area contributed by atoms with Crippen LogP contribution in [0.1, 0.15) is 43.2 Å². The fourth-order valence-electron chi connectivity index (χ4n) is 7.07. The number of aliphatic hydroxyl groups is 1. The molecule has 2 bridgehead atoms. The number of nitrogens with zero attached hydrogens (tertiary/aromatic N) is 1. The second-order valence-corrected chi connectivity index (χ2v) is 9.80. The van der Waals surface area contributed by atoms with Gasteiger partial charge < -0.3 is 19.4 Å². The standard InChI is InChI=1S/C22H27NO3/c1-13-7-8-22(25)17-11-15-5-6-16(24)19-18(15)21(22,20(13)26-19)9-10-23(17,2)12-14-3-4-14/h5-6,14,17,20,25H,1,3-4,7-12H2,2H3/p+1/t17-,20+,21-,22-,23?/m1/s1. The Morgan fingerprint density at radius 2 is 2.12 bits per heavy atom. The van der Waals surface area contributed by atoms with Crippen LogP contribution in [0.2, 0.25) is 0 Å². The average molecular weight is 354 g/mol. The van der Waals surface area contributed by atoms with E-state index in [9.17, 15) is 10.2 Å². The van der Waals surface area contributed by atoms with E-state index in [4.69, 9.17) is 4.74 Å². The number of hydrogen-bond donors (Lipinski definition) is 2. The molecule has 5 atom stereocenters. The third-order valence-corrected chi connectivity index (χ3v) is 8.43. The molecule has 138 valence electrons. The Bertz CT molecular complexity index is 846. The summed E-state index contributed by atoms with van der Waals surface area (Å²) in [6, 6.07) is 4.05. The van der Waals surface area contributed by atoms with Crippen molar-refractivity contribution in [2.75, 3.05) is 20.1 Å². The Labute approximate surface area is 154 Å². The Morgan fingerprint density at radius 3 is 2.88 bits per heavy atom. The van der Waals surface area contributed by atoms with Gasteiger partial charge in [0.15, 0.2) is 11.5 Å². The second kappa shape index (κ2) is 4.48. The fourth-order valence-corrected chi connectivity index (χ4v) is 7.07. The van der Waals surface area contributed by atoms with Crippen molar-refractivity contribution in [3.63, 3.8) is 0 Å². The molecule has 0 amide bonds. The molecule has 1 aromatic rings. The number of quaternary nitrogens is 1. The highest BCUT2D eigenvalue weighted by Gasteiger charge is 2.75. The Hall–Kier alpha value is -1.52. The predicted molar refractivity (Wildman–Crippen MR) is 98.3 cm³/mol. The summed E-state index contributed by atoms with van der Waals surface area (Å²) in [6.07, 6.45) is 5.88. The van der Waals surface area contributed by atoms with Gasteiger partial charge in [0.05, 0.1) is 25.6 Å². The van der Waals surface area contributed by atoms with Crippen LogP contribution in [0.25, 0.3) is 0 Å². The predicted octanol–water partition coefficient (Wildman–Crippen LogP) is 2.66. The maximum Gasteiger partial charge on any atom is 0.166 e. The van der Waals surface area contributed by atoms with Crippen LogP contribution >= 0.6 is 0 Å². The first kappa shape index (κ1) is 15.5. The molecule has 6 rings (SSSR count). The normalized spacial score (nSPS) is 45.2. The van der Waals surface area contributed by atoms with Crippen molar-refractivity contribution in [1.29, 1.82) is 0 Å². The number of rotatable bonds is 2. The van der Waals surface area contributed by atoms with Crippen LogP contribution in [0.3, 0.4) is 0 Å². The fraction of sp³-hybridized carbons (Fsp3) is 0.636. The molecule has 3 aliphatic carbocycles. The molecule has 0 radical (unpaired) electrons. The van der Waals surface area contributed by atoms with Crippen LogP contribution in [0.4, 0.5) is 0 Å². The lowest BCUT2D eigenvalue weighted by atomic mass is 9.48. The lowest BCUT2D eigenvalue weighted by Crippen LogP contribution is -2.80. The monoisotopic (exact) mass is 354 g/mol. The Kier molecular flexibility index (Phi) is 2.67. The average Bonchev–Trinajstić information content (AvgIpc) is 3.32. The van der Waals surface area contributed by atoms with Gasteiger partial charge in [0.1, 0.15) is 17.7 Å². The first-order valence-corrected chi connectivity index (χ1v) is 10.2. The largest absolute Gasteiger partial charge is 0.504 e. The zero-order valence-corrected chi connectivity index (χ0v) is 15.5. The molecule has 2 heterocycles. The number of ether oxygens (including phenoxy) is 1. The minimum atomic E-state index is -0.771. The van der Waals surface area contributed by atoms with Gasteiger partial charge in [0.2, 0.25) is 0 Å². The zero-order chi connectivity index (χ0) is 17.9. The van der Waals surface area contributed by atoms with Gasteiger partial charge in [0, 0.05) is 24.3 Å². The highest BCUT2D eigenvalue weighted by Crippen LogP contribution is 2.67. The Morgan fingerprint density at radius 1 is 1.31 bits per heavy atom. The van der Waals surface area contributed by atoms with Crippen molar-refractivity contribution < 1.29 is 19.4 Å². The van der Waals surface area contributed by atoms with Crippen molar-refractivity contribution in [2.24, 2.45) is 5.92 Å². The van der Waals surface area contributed by atoms with Gasteiger partial charge in [-0.3, -0.25) is 0 Å². The van der Waals surface area contributed by atoms with E-state index in [0.29, 0.717) is 5.75 Å². The van der Waals surface area contributed by atoms with E-state index in [0.717, 1.165) is 53.8 Å². The second-order valence-electron chi connectivity index (χ2n) is 9.80. The van der Waals surface area contributed by atoms with Crippen molar-refractivity contribution in [2.45, 2.75) is 61.7 Å². The molecular formula is C22H28NO3+. The van der Waals surface area contributed by atoms with Crippen LogP contribution in [0.5, 0.6) is 11.5 Å². The van der Waals surface area contributed by atoms with Gasteiger partial charge >= 0.3 is 0 Å². The van der Waals surface area contributed by atoms with E-state index in [1.54, 1.807) is 6.07 Å². The molecule has 4 nitrogen and oxygen atoms in total. The van der Waals surface area contributed by atoms with Crippen molar-refractivity contribution in [1.82, 2.24) is 0 Å². The first-order valence-electron chi connectivity index (χ1n) is 10.2. The third kappa shape index (κ3) is 1.56. The van der Waals surface area contributed by atoms with E-state index in [1.807, 2.05) is 0 Å². The summed E-state index contributed by atoms with van der Waals surface area (Å²) in [4.78, 5) is 0. The molecule has 1 spiro atoms. The van der Waals surface area contributed by atoms with E-state index in [-0.39, 0.29) is 17.9 Å². The lowest BCUT2D eigenvalue weighted by Gasteiger charge is -2.65. The minimum absolute atomic E-state index is 0.194. The number of phenols is 1. The summed E-state index contributed by atoms with van der Waals surface area (Å²) in [5, 5.41) is 22.7. The maximum atomic E-state index is 12.3. The summed E-state index contributed by atoms with van der Waals surface area (Å²) < 4.78 is 7.32. The summed E-state index contributed by atoms with van der Waals surface area (Å²) in [7, 11) is 2.37. The van der Waals surface area contributed by atoms with Gasteiger partial charge in [-0.15, -0.1) is 0 Å². The lowest BCUT2D eigenvalue weighted by molar-refractivity contribution is -0.950. The van der Waals surface area contributed by atoms with Gasteiger partial charge in [-0.05, 0) is 42.9 Å². The summed E-state index contributed by atoms with van der Waals surface area (Å²) >= 11 is 0. The van der Waals surface area contributed by atoms with Crippen molar-refractivity contribution >= 4 is 0 Å². The number of hydrogen-bond acceptors (Lipinski definition) is 3. The number of piperidine rings is 1. The molecule has 2 aliphatic heterocycles. The van der Waals surface area contributed by atoms with Crippen LogP contribution in [0, 0.1) is 5.92 Å². The number of aromatic hydroxyl groups is 1. The summed E-state index contributed by atoms with van der Waals surface area (Å²) in [5.74, 6) is 1.66. The van der Waals surface area contributed by atoms with E-state index in [2.05, 4.69) is 19.7 Å². The van der Waals surface area contributed by atoms with E-state index >= 15 is 0 Å². The van der Waals surface area contributed by atoms with Gasteiger partial charge in [-0.1, -0.05) is 12.6 Å². The minimum Gasteiger partial charge on any atom is -0.504 e. The van der Waals surface area contributed by atoms with E-state index in [1.165, 1.54) is 24.9 Å². The SMILES string of the molecule is C=C1CC[C@@]2(O)[C@H]3Cc4ccc(O)c5c4[C@]2(CC[N+]3(C)CC2CC2)[C@H]1O5. The molecule has 1 unspecified atom stereocenters. The quantitative estimate of drug-likeness (QED) is 0.634. The van der Waals surface area contributed by atoms with Crippen LogP contribution in [-0.2, 0) is 11.8 Å². The molecule has 4 heteroatoms. The molecule has 5 aliphatic rings. The number of benzene rings is 1. The highest BCUT2D eigenvalue weighted by atomic mass is 16.5. The van der Waals surface area contributed by atoms with Gasteiger partial charge in [0.25, 0.3) is 0 Å². The first-order chi connectivity index (χ1) is 12.4. The molecule has 2 saturated carbocycles. The van der Waals surface area contributed by atoms with E-state index < -0.39 is 11.0 Å². The number of likely N-dealkylation sites (tertiary alicyclic amines) is 1. The van der Waals surface area contributed by atoms with Gasteiger partial charge in [-0.2, -0.15) is 0 Å². The maximum absolute atomic E-state index is 12.3.